The number of aryl methyl sites for hydroxylation is 1. The summed E-state index contributed by atoms with van der Waals surface area (Å²) in [6.07, 6.45) is 3.39. The van der Waals surface area contributed by atoms with Crippen molar-refractivity contribution < 1.29 is 9.59 Å². The first-order valence-corrected chi connectivity index (χ1v) is 9.87. The van der Waals surface area contributed by atoms with Crippen LogP contribution in [-0.2, 0) is 13.1 Å². The summed E-state index contributed by atoms with van der Waals surface area (Å²) in [6.45, 7) is 2.67. The topological polar surface area (TPSA) is 90.5 Å². The van der Waals surface area contributed by atoms with E-state index in [9.17, 15) is 9.59 Å². The van der Waals surface area contributed by atoms with E-state index >= 15 is 0 Å². The lowest BCUT2D eigenvalue weighted by Gasteiger charge is -2.20. The van der Waals surface area contributed by atoms with Gasteiger partial charge in [-0.05, 0) is 48.9 Å². The van der Waals surface area contributed by atoms with E-state index in [4.69, 9.17) is 0 Å². The average Bonchev–Trinajstić information content (AvgIpc) is 2.77. The Morgan fingerprint density at radius 1 is 0.806 bits per heavy atom. The average molecular weight is 419 g/mol. The van der Waals surface area contributed by atoms with Gasteiger partial charge in [0.1, 0.15) is 0 Å². The number of urea groups is 2. The van der Waals surface area contributed by atoms with Crippen LogP contribution >= 0.6 is 0 Å². The molecule has 0 saturated carbocycles. The first kappa shape index (κ1) is 21.8. The summed E-state index contributed by atoms with van der Waals surface area (Å²) in [5.74, 6) is 0. The van der Waals surface area contributed by atoms with Crippen molar-refractivity contribution >= 4 is 23.4 Å². The molecule has 8 heteroatoms. The first-order chi connectivity index (χ1) is 14.9. The Morgan fingerprint density at radius 3 is 1.87 bits per heavy atom. The van der Waals surface area contributed by atoms with Gasteiger partial charge in [0.05, 0.1) is 24.5 Å². The number of anilines is 2. The van der Waals surface area contributed by atoms with Crippen LogP contribution in [0, 0.1) is 6.92 Å². The van der Waals surface area contributed by atoms with Crippen molar-refractivity contribution in [3.05, 3.63) is 83.9 Å². The zero-order valence-electron chi connectivity index (χ0n) is 17.9. The van der Waals surface area contributed by atoms with Crippen molar-refractivity contribution in [2.75, 3.05) is 24.7 Å². The van der Waals surface area contributed by atoms with Crippen molar-refractivity contribution in [3.63, 3.8) is 0 Å². The zero-order valence-corrected chi connectivity index (χ0v) is 17.9. The molecule has 3 rings (SSSR count). The molecule has 0 spiro atoms. The molecule has 2 heterocycles. The summed E-state index contributed by atoms with van der Waals surface area (Å²) in [7, 11) is 3.41. The number of pyridine rings is 2. The third-order valence-corrected chi connectivity index (χ3v) is 4.67. The minimum atomic E-state index is -0.265. The molecule has 0 saturated heterocycles. The van der Waals surface area contributed by atoms with Gasteiger partial charge in [-0.1, -0.05) is 18.2 Å². The molecular weight excluding hydrogens is 392 g/mol. The van der Waals surface area contributed by atoms with Gasteiger partial charge in [-0.3, -0.25) is 9.97 Å². The number of carbonyl (C=O) groups excluding carboxylic acids is 2. The van der Waals surface area contributed by atoms with Crippen LogP contribution in [0.5, 0.6) is 0 Å². The minimum absolute atomic E-state index is 0.260. The number of rotatable bonds is 6. The number of nitrogens with zero attached hydrogens (tertiary/aromatic N) is 4. The Labute approximate surface area is 181 Å². The Balaban J connectivity index is 1.61. The highest BCUT2D eigenvalue weighted by molar-refractivity contribution is 5.93. The Kier molecular flexibility index (Phi) is 7.16. The minimum Gasteiger partial charge on any atom is -0.322 e. The van der Waals surface area contributed by atoms with Gasteiger partial charge in [0.2, 0.25) is 0 Å². The van der Waals surface area contributed by atoms with Gasteiger partial charge in [-0.25, -0.2) is 9.59 Å². The lowest BCUT2D eigenvalue weighted by atomic mass is 10.2. The van der Waals surface area contributed by atoms with Crippen molar-refractivity contribution in [3.8, 4) is 0 Å². The summed E-state index contributed by atoms with van der Waals surface area (Å²) < 4.78 is 0. The van der Waals surface area contributed by atoms with Crippen LogP contribution in [-0.4, -0.2) is 45.9 Å². The predicted octanol–water partition coefficient (Wildman–Crippen LogP) is 4.11. The highest BCUT2D eigenvalue weighted by Gasteiger charge is 2.14. The molecule has 0 atom stereocenters. The van der Waals surface area contributed by atoms with Crippen molar-refractivity contribution in [2.45, 2.75) is 20.0 Å². The largest absolute Gasteiger partial charge is 0.322 e. The SMILES string of the molecule is Cc1ccc(NC(=O)N(C)Cc2ccccn2)cc1NC(=O)N(C)Cc1ccccn1. The van der Waals surface area contributed by atoms with Gasteiger partial charge in [0.15, 0.2) is 0 Å². The molecule has 0 bridgehead atoms. The highest BCUT2D eigenvalue weighted by Crippen LogP contribution is 2.21. The lowest BCUT2D eigenvalue weighted by Crippen LogP contribution is -2.32. The zero-order chi connectivity index (χ0) is 22.2. The number of benzene rings is 1. The summed E-state index contributed by atoms with van der Waals surface area (Å²) in [5, 5.41) is 5.75. The third kappa shape index (κ3) is 6.27. The van der Waals surface area contributed by atoms with E-state index in [1.807, 2.05) is 49.4 Å². The molecule has 0 unspecified atom stereocenters. The third-order valence-electron chi connectivity index (χ3n) is 4.67. The van der Waals surface area contributed by atoms with Crippen LogP contribution in [0.4, 0.5) is 21.0 Å². The number of hydrogen-bond donors (Lipinski definition) is 2. The molecular formula is C23H26N6O2. The Morgan fingerprint density at radius 2 is 1.35 bits per heavy atom. The second-order valence-corrected chi connectivity index (χ2v) is 7.24. The van der Waals surface area contributed by atoms with Crippen molar-refractivity contribution in [1.82, 2.24) is 19.8 Å². The Hall–Kier alpha value is -3.94. The maximum atomic E-state index is 12.6. The second-order valence-electron chi connectivity index (χ2n) is 7.24. The van der Waals surface area contributed by atoms with E-state index < -0.39 is 0 Å². The number of nitrogens with one attached hydrogen (secondary N) is 2. The molecule has 8 nitrogen and oxygen atoms in total. The predicted molar refractivity (Wildman–Crippen MR) is 121 cm³/mol. The summed E-state index contributed by atoms with van der Waals surface area (Å²) in [6, 6.07) is 16.0. The van der Waals surface area contributed by atoms with Crippen LogP contribution < -0.4 is 10.6 Å². The maximum Gasteiger partial charge on any atom is 0.321 e. The molecule has 2 N–H and O–H groups in total. The fourth-order valence-corrected chi connectivity index (χ4v) is 2.88. The van der Waals surface area contributed by atoms with Crippen molar-refractivity contribution in [2.24, 2.45) is 0 Å². The maximum absolute atomic E-state index is 12.6. The molecule has 2 aromatic heterocycles. The lowest BCUT2D eigenvalue weighted by molar-refractivity contribution is 0.219. The highest BCUT2D eigenvalue weighted by atomic mass is 16.2. The standard InChI is InChI=1S/C23H26N6O2/c1-17-10-11-18(26-22(30)28(2)15-19-8-4-6-12-24-19)14-21(17)27-23(31)29(3)16-20-9-5-7-13-25-20/h4-14H,15-16H2,1-3H3,(H,26,30)(H,27,31). The molecule has 160 valence electrons. The normalized spacial score (nSPS) is 10.3. The molecule has 0 radical (unpaired) electrons. The van der Waals surface area contributed by atoms with Gasteiger partial charge in [-0.2, -0.15) is 0 Å². The first-order valence-electron chi connectivity index (χ1n) is 9.87. The molecule has 3 aromatic rings. The van der Waals surface area contributed by atoms with Gasteiger partial charge in [-0.15, -0.1) is 0 Å². The number of carbonyl (C=O) groups is 2. The van der Waals surface area contributed by atoms with Crippen LogP contribution in [0.1, 0.15) is 17.0 Å². The van der Waals surface area contributed by atoms with Gasteiger partial charge < -0.3 is 20.4 Å². The fourth-order valence-electron chi connectivity index (χ4n) is 2.88. The molecule has 31 heavy (non-hydrogen) atoms. The van der Waals surface area contributed by atoms with Gasteiger partial charge in [0, 0.05) is 37.9 Å². The number of hydrogen-bond acceptors (Lipinski definition) is 4. The van der Waals surface area contributed by atoms with Crippen LogP contribution in [0.2, 0.25) is 0 Å². The number of amides is 4. The van der Waals surface area contributed by atoms with Crippen LogP contribution in [0.25, 0.3) is 0 Å². The van der Waals surface area contributed by atoms with E-state index in [-0.39, 0.29) is 12.1 Å². The van der Waals surface area contributed by atoms with E-state index in [0.29, 0.717) is 24.5 Å². The van der Waals surface area contributed by atoms with E-state index in [1.165, 1.54) is 0 Å². The molecule has 0 aliphatic rings. The van der Waals surface area contributed by atoms with Crippen molar-refractivity contribution in [1.29, 1.82) is 0 Å². The summed E-state index contributed by atoms with van der Waals surface area (Å²) in [4.78, 5) is 36.7. The van der Waals surface area contributed by atoms with E-state index in [0.717, 1.165) is 17.0 Å². The quantitative estimate of drug-likeness (QED) is 0.630. The summed E-state index contributed by atoms with van der Waals surface area (Å²) >= 11 is 0. The van der Waals surface area contributed by atoms with Gasteiger partial charge >= 0.3 is 12.1 Å². The van der Waals surface area contributed by atoms with E-state index in [2.05, 4.69) is 20.6 Å². The van der Waals surface area contributed by atoms with Gasteiger partial charge in [0.25, 0.3) is 0 Å². The smallest absolute Gasteiger partial charge is 0.321 e. The molecule has 1 aromatic carbocycles. The molecule has 0 aliphatic heterocycles. The molecule has 0 aliphatic carbocycles. The number of aromatic nitrogens is 2. The second kappa shape index (κ2) is 10.2. The fraction of sp³-hybridized carbons (Fsp3) is 0.217. The van der Waals surface area contributed by atoms with Crippen LogP contribution in [0.3, 0.4) is 0 Å². The summed E-state index contributed by atoms with van der Waals surface area (Å²) in [5.41, 5.74) is 3.70. The monoisotopic (exact) mass is 418 g/mol. The Bertz CT molecular complexity index is 1030. The molecule has 4 amide bonds. The van der Waals surface area contributed by atoms with Crippen LogP contribution in [0.15, 0.2) is 67.0 Å². The van der Waals surface area contributed by atoms with E-state index in [1.54, 1.807) is 48.4 Å². The molecule has 0 fully saturated rings.